The maximum atomic E-state index is 4.72. The molecule has 0 aromatic carbocycles. The van der Waals surface area contributed by atoms with Crippen molar-refractivity contribution in [3.63, 3.8) is 0 Å². The Balaban J connectivity index is 2.02. The maximum absolute atomic E-state index is 4.72. The minimum absolute atomic E-state index is 0.495. The number of thiazole rings is 2. The molecule has 0 fully saturated rings. The molecule has 0 spiro atoms. The van der Waals surface area contributed by atoms with E-state index in [9.17, 15) is 0 Å². The van der Waals surface area contributed by atoms with Crippen LogP contribution in [-0.2, 0) is 6.42 Å². The first-order valence-electron chi connectivity index (χ1n) is 5.45. The van der Waals surface area contributed by atoms with Crippen LogP contribution in [0.1, 0.15) is 29.5 Å². The highest BCUT2D eigenvalue weighted by Gasteiger charge is 2.24. The minimum Gasteiger partial charge on any atom is -0.312 e. The van der Waals surface area contributed by atoms with E-state index in [-0.39, 0.29) is 0 Å². The van der Waals surface area contributed by atoms with Gasteiger partial charge in [-0.1, -0.05) is 0 Å². The van der Waals surface area contributed by atoms with Crippen LogP contribution in [-0.4, -0.2) is 17.0 Å². The number of nitrogens with zero attached hydrogens (tertiary/aromatic N) is 2. The van der Waals surface area contributed by atoms with Crippen molar-refractivity contribution >= 4 is 22.7 Å². The van der Waals surface area contributed by atoms with Crippen LogP contribution in [0.2, 0.25) is 0 Å². The Morgan fingerprint density at radius 3 is 3.12 bits per heavy atom. The second-order valence-corrected chi connectivity index (χ2v) is 5.83. The third-order valence-electron chi connectivity index (χ3n) is 2.91. The molecule has 3 rings (SSSR count). The molecule has 0 amide bonds. The summed E-state index contributed by atoms with van der Waals surface area (Å²) >= 11 is 3.46. The molecule has 2 heterocycles. The van der Waals surface area contributed by atoms with Crippen molar-refractivity contribution in [1.82, 2.24) is 15.3 Å². The van der Waals surface area contributed by atoms with Crippen molar-refractivity contribution in [3.05, 3.63) is 22.1 Å². The lowest BCUT2D eigenvalue weighted by molar-refractivity contribution is 0.501. The van der Waals surface area contributed by atoms with Gasteiger partial charge in [-0.25, -0.2) is 9.97 Å². The van der Waals surface area contributed by atoms with Gasteiger partial charge in [0.2, 0.25) is 0 Å². The lowest BCUT2D eigenvalue weighted by atomic mass is 9.98. The highest BCUT2D eigenvalue weighted by atomic mass is 32.1. The Morgan fingerprint density at radius 1 is 1.44 bits per heavy atom. The van der Waals surface area contributed by atoms with Crippen LogP contribution in [0.4, 0.5) is 0 Å². The van der Waals surface area contributed by atoms with E-state index in [0.29, 0.717) is 6.04 Å². The molecular formula is C11H13N3S2. The first-order chi connectivity index (χ1) is 7.88. The molecule has 1 atom stereocenters. The predicted molar refractivity (Wildman–Crippen MR) is 68.0 cm³/mol. The van der Waals surface area contributed by atoms with Gasteiger partial charge in [0, 0.05) is 22.5 Å². The molecule has 1 aliphatic rings. The van der Waals surface area contributed by atoms with E-state index in [0.717, 1.165) is 16.4 Å². The number of fused-ring (bicyclic) bond motifs is 1. The molecule has 0 aliphatic heterocycles. The normalized spacial score (nSPS) is 19.7. The van der Waals surface area contributed by atoms with E-state index in [1.165, 1.54) is 23.4 Å². The highest BCUT2D eigenvalue weighted by Crippen LogP contribution is 2.38. The number of rotatable bonds is 2. The maximum Gasteiger partial charge on any atom is 0.152 e. The summed E-state index contributed by atoms with van der Waals surface area (Å²) in [6.07, 6.45) is 5.42. The van der Waals surface area contributed by atoms with E-state index in [4.69, 9.17) is 4.98 Å². The van der Waals surface area contributed by atoms with Gasteiger partial charge in [0.1, 0.15) is 0 Å². The number of nitrogens with one attached hydrogen (secondary N) is 1. The topological polar surface area (TPSA) is 37.8 Å². The molecule has 0 bridgehead atoms. The lowest BCUT2D eigenvalue weighted by Crippen LogP contribution is -2.19. The average molecular weight is 251 g/mol. The Kier molecular flexibility index (Phi) is 2.75. The van der Waals surface area contributed by atoms with E-state index in [1.807, 2.05) is 18.6 Å². The third kappa shape index (κ3) is 1.69. The van der Waals surface area contributed by atoms with Crippen LogP contribution in [0, 0.1) is 0 Å². The summed E-state index contributed by atoms with van der Waals surface area (Å²) in [4.78, 5) is 10.5. The van der Waals surface area contributed by atoms with Gasteiger partial charge in [0.15, 0.2) is 10.0 Å². The molecule has 0 radical (unpaired) electrons. The second kappa shape index (κ2) is 4.24. The van der Waals surface area contributed by atoms with Gasteiger partial charge >= 0.3 is 0 Å². The Bertz CT molecular complexity index is 475. The largest absolute Gasteiger partial charge is 0.312 e. The van der Waals surface area contributed by atoms with Crippen LogP contribution in [0.5, 0.6) is 0 Å². The molecule has 2 aromatic rings. The standard InChI is InChI=1S/C11H13N3S2/c1-12-7-3-2-4-8-9(7)16-11(14-8)10-13-5-6-15-10/h5-7,12H,2-4H2,1H3. The highest BCUT2D eigenvalue weighted by molar-refractivity contribution is 7.20. The smallest absolute Gasteiger partial charge is 0.152 e. The van der Waals surface area contributed by atoms with Gasteiger partial charge in [-0.15, -0.1) is 22.7 Å². The van der Waals surface area contributed by atoms with Gasteiger partial charge in [-0.2, -0.15) is 0 Å². The number of aryl methyl sites for hydroxylation is 1. The van der Waals surface area contributed by atoms with Gasteiger partial charge in [-0.05, 0) is 26.3 Å². The fourth-order valence-corrected chi connectivity index (χ4v) is 4.05. The van der Waals surface area contributed by atoms with Crippen molar-refractivity contribution in [3.8, 4) is 10.0 Å². The Morgan fingerprint density at radius 2 is 2.38 bits per heavy atom. The zero-order chi connectivity index (χ0) is 11.0. The van der Waals surface area contributed by atoms with Crippen LogP contribution in [0.3, 0.4) is 0 Å². The molecule has 1 aliphatic carbocycles. The van der Waals surface area contributed by atoms with E-state index >= 15 is 0 Å². The van der Waals surface area contributed by atoms with Crippen LogP contribution >= 0.6 is 22.7 Å². The monoisotopic (exact) mass is 251 g/mol. The van der Waals surface area contributed by atoms with Crippen molar-refractivity contribution in [2.45, 2.75) is 25.3 Å². The summed E-state index contributed by atoms with van der Waals surface area (Å²) < 4.78 is 0. The van der Waals surface area contributed by atoms with Gasteiger partial charge in [-0.3, -0.25) is 0 Å². The fourth-order valence-electron chi connectivity index (χ4n) is 2.12. The lowest BCUT2D eigenvalue weighted by Gasteiger charge is -2.19. The first kappa shape index (κ1) is 10.4. The summed E-state index contributed by atoms with van der Waals surface area (Å²) in [5.74, 6) is 0. The molecule has 16 heavy (non-hydrogen) atoms. The SMILES string of the molecule is CNC1CCCc2nc(-c3nccs3)sc21. The molecule has 0 saturated carbocycles. The molecule has 5 heteroatoms. The van der Waals surface area contributed by atoms with Gasteiger partial charge < -0.3 is 5.32 Å². The fraction of sp³-hybridized carbons (Fsp3) is 0.455. The van der Waals surface area contributed by atoms with Crippen LogP contribution in [0.25, 0.3) is 10.0 Å². The molecule has 1 N–H and O–H groups in total. The van der Waals surface area contributed by atoms with Crippen molar-refractivity contribution in [2.75, 3.05) is 7.05 Å². The molecule has 84 valence electrons. The minimum atomic E-state index is 0.495. The summed E-state index contributed by atoms with van der Waals surface area (Å²) in [7, 11) is 2.03. The van der Waals surface area contributed by atoms with Crippen LogP contribution in [0.15, 0.2) is 11.6 Å². The quantitative estimate of drug-likeness (QED) is 0.892. The number of hydrogen-bond acceptors (Lipinski definition) is 5. The zero-order valence-electron chi connectivity index (χ0n) is 9.06. The third-order valence-corrected chi connectivity index (χ3v) is 5.04. The van der Waals surface area contributed by atoms with Crippen molar-refractivity contribution in [2.24, 2.45) is 0 Å². The van der Waals surface area contributed by atoms with E-state index in [2.05, 4.69) is 10.3 Å². The molecule has 0 saturated heterocycles. The van der Waals surface area contributed by atoms with Gasteiger partial charge in [0.05, 0.1) is 5.69 Å². The van der Waals surface area contributed by atoms with E-state index in [1.54, 1.807) is 22.7 Å². The Labute approximate surface area is 103 Å². The summed E-state index contributed by atoms with van der Waals surface area (Å²) in [6.45, 7) is 0. The average Bonchev–Trinajstić information content (AvgIpc) is 2.96. The zero-order valence-corrected chi connectivity index (χ0v) is 10.7. The molecule has 3 nitrogen and oxygen atoms in total. The Hall–Kier alpha value is -0.780. The van der Waals surface area contributed by atoms with Crippen molar-refractivity contribution < 1.29 is 0 Å². The molecular weight excluding hydrogens is 238 g/mol. The first-order valence-corrected chi connectivity index (χ1v) is 7.15. The predicted octanol–water partition coefficient (Wildman–Crippen LogP) is 2.86. The molecule has 2 aromatic heterocycles. The second-order valence-electron chi connectivity index (χ2n) is 3.90. The molecule has 1 unspecified atom stereocenters. The number of hydrogen-bond donors (Lipinski definition) is 1. The van der Waals surface area contributed by atoms with Crippen molar-refractivity contribution in [1.29, 1.82) is 0 Å². The summed E-state index contributed by atoms with van der Waals surface area (Å²) in [6, 6.07) is 0.495. The van der Waals surface area contributed by atoms with Crippen LogP contribution < -0.4 is 5.32 Å². The number of aromatic nitrogens is 2. The van der Waals surface area contributed by atoms with Gasteiger partial charge in [0.25, 0.3) is 0 Å². The summed E-state index contributed by atoms with van der Waals surface area (Å²) in [5.41, 5.74) is 1.28. The van der Waals surface area contributed by atoms with E-state index < -0.39 is 0 Å². The summed E-state index contributed by atoms with van der Waals surface area (Å²) in [5, 5.41) is 7.51.